The molecule has 0 atom stereocenters. The van der Waals surface area contributed by atoms with Crippen LogP contribution in [0.3, 0.4) is 0 Å². The number of para-hydroxylation sites is 2. The largest absolute Gasteiger partial charge is 0.456 e. The van der Waals surface area contributed by atoms with E-state index in [9.17, 15) is 0 Å². The summed E-state index contributed by atoms with van der Waals surface area (Å²) in [6.07, 6.45) is 0. The summed E-state index contributed by atoms with van der Waals surface area (Å²) in [5, 5.41) is 12.3. The van der Waals surface area contributed by atoms with Gasteiger partial charge in [-0.1, -0.05) is 115 Å². The number of furan rings is 1. The highest BCUT2D eigenvalue weighted by molar-refractivity contribution is 6.28. The molecule has 3 aromatic heterocycles. The van der Waals surface area contributed by atoms with Gasteiger partial charge in [-0.2, -0.15) is 0 Å². The van der Waals surface area contributed by atoms with E-state index in [0.717, 1.165) is 38.8 Å². The van der Waals surface area contributed by atoms with Crippen LogP contribution < -0.4 is 0 Å². The number of rotatable bonds is 2. The highest BCUT2D eigenvalue weighted by Gasteiger charge is 2.25. The minimum Gasteiger partial charge on any atom is -0.456 e. The zero-order chi connectivity index (χ0) is 34.4. The average molecular weight is 673 g/mol. The molecule has 3 heteroatoms. The number of benzene rings is 9. The zero-order valence-electron chi connectivity index (χ0n) is 28.5. The molecule has 0 amide bonds. The van der Waals surface area contributed by atoms with E-state index in [1.807, 2.05) is 6.07 Å². The van der Waals surface area contributed by atoms with Gasteiger partial charge in [0.2, 0.25) is 0 Å². The minimum absolute atomic E-state index is 0.899. The lowest BCUT2D eigenvalue weighted by Gasteiger charge is -2.12. The predicted molar refractivity (Wildman–Crippen MR) is 222 cm³/mol. The SMILES string of the molecule is c1ccc2cc(-n3c4ccccc4c4c3ccc3c5cc6c(cc5n(-c5ccc7c(c5)-c5cccc8cccc-7c58)c34)oc3ccccc36)ccc2c1. The molecular formula is C50H28N2O. The maximum atomic E-state index is 6.54. The molecule has 0 spiro atoms. The van der Waals surface area contributed by atoms with Gasteiger partial charge in [0.05, 0.1) is 22.1 Å². The number of nitrogens with zero attached hydrogens (tertiary/aromatic N) is 2. The number of hydrogen-bond acceptors (Lipinski definition) is 1. The van der Waals surface area contributed by atoms with E-state index in [1.54, 1.807) is 0 Å². The fourth-order valence-electron chi connectivity index (χ4n) is 9.55. The van der Waals surface area contributed by atoms with Crippen molar-refractivity contribution in [3.8, 4) is 33.6 Å². The highest BCUT2D eigenvalue weighted by atomic mass is 16.3. The molecule has 244 valence electrons. The molecule has 1 aliphatic rings. The summed E-state index contributed by atoms with van der Waals surface area (Å²) in [5.41, 5.74) is 14.0. The first kappa shape index (κ1) is 27.6. The maximum absolute atomic E-state index is 6.54. The second kappa shape index (κ2) is 9.81. The Morgan fingerprint density at radius 1 is 0.321 bits per heavy atom. The smallest absolute Gasteiger partial charge is 0.137 e. The van der Waals surface area contributed by atoms with Crippen molar-refractivity contribution in [3.05, 3.63) is 170 Å². The Kier molecular flexibility index (Phi) is 5.11. The van der Waals surface area contributed by atoms with Crippen molar-refractivity contribution in [2.75, 3.05) is 0 Å². The standard InChI is InChI=1S/C50H28N2O/c1-2-10-31-25-32(20-19-29(31)9-1)51-43-17-5-3-14-39(43)49-44(51)24-23-38-41-27-42-35-13-4-6-18-46(35)53-47(42)28-45(41)52(50(38)49)33-21-22-34-36-15-7-11-30-12-8-16-37(48(30)36)40(34)26-33/h1-28H. The Bertz CT molecular complexity index is 3570. The van der Waals surface area contributed by atoms with Gasteiger partial charge in [0.1, 0.15) is 11.2 Å². The summed E-state index contributed by atoms with van der Waals surface area (Å²) < 4.78 is 11.5. The lowest BCUT2D eigenvalue weighted by atomic mass is 10.0. The fourth-order valence-corrected chi connectivity index (χ4v) is 9.55. The summed E-state index contributed by atoms with van der Waals surface area (Å²) in [6, 6.07) is 62.4. The van der Waals surface area contributed by atoms with Crippen LogP contribution in [-0.4, -0.2) is 9.13 Å². The van der Waals surface area contributed by atoms with E-state index in [2.05, 4.69) is 173 Å². The van der Waals surface area contributed by atoms with E-state index >= 15 is 0 Å². The van der Waals surface area contributed by atoms with Crippen molar-refractivity contribution in [1.82, 2.24) is 9.13 Å². The topological polar surface area (TPSA) is 23.0 Å². The Morgan fingerprint density at radius 2 is 1.06 bits per heavy atom. The summed E-state index contributed by atoms with van der Waals surface area (Å²) in [5.74, 6) is 0. The van der Waals surface area contributed by atoms with Crippen LogP contribution in [0.1, 0.15) is 0 Å². The van der Waals surface area contributed by atoms with Crippen LogP contribution in [0.5, 0.6) is 0 Å². The van der Waals surface area contributed by atoms with E-state index in [0.29, 0.717) is 0 Å². The van der Waals surface area contributed by atoms with Crippen LogP contribution >= 0.6 is 0 Å². The molecule has 12 aromatic rings. The molecule has 0 saturated carbocycles. The highest BCUT2D eigenvalue weighted by Crippen LogP contribution is 2.49. The van der Waals surface area contributed by atoms with Crippen LogP contribution in [0.15, 0.2) is 174 Å². The van der Waals surface area contributed by atoms with Gasteiger partial charge in [-0.05, 0) is 92.3 Å². The Morgan fingerprint density at radius 3 is 1.96 bits per heavy atom. The second-order valence-electron chi connectivity index (χ2n) is 14.5. The molecule has 0 saturated heterocycles. The van der Waals surface area contributed by atoms with Gasteiger partial charge in [-0.3, -0.25) is 0 Å². The molecule has 1 aliphatic carbocycles. The van der Waals surface area contributed by atoms with Crippen molar-refractivity contribution < 1.29 is 4.42 Å². The zero-order valence-corrected chi connectivity index (χ0v) is 28.5. The second-order valence-corrected chi connectivity index (χ2v) is 14.5. The first-order valence-electron chi connectivity index (χ1n) is 18.3. The average Bonchev–Trinajstić information content (AvgIpc) is 3.94. The third-order valence-electron chi connectivity index (χ3n) is 11.8. The Balaban J connectivity index is 1.19. The third kappa shape index (κ3) is 3.53. The first-order chi connectivity index (χ1) is 26.3. The van der Waals surface area contributed by atoms with Gasteiger partial charge in [-0.15, -0.1) is 0 Å². The molecule has 13 rings (SSSR count). The van der Waals surface area contributed by atoms with E-state index in [1.165, 1.54) is 81.9 Å². The van der Waals surface area contributed by atoms with Crippen LogP contribution in [0.2, 0.25) is 0 Å². The molecule has 9 aromatic carbocycles. The van der Waals surface area contributed by atoms with Gasteiger partial charge >= 0.3 is 0 Å². The van der Waals surface area contributed by atoms with Gasteiger partial charge in [0, 0.05) is 49.8 Å². The van der Waals surface area contributed by atoms with Gasteiger partial charge in [-0.25, -0.2) is 0 Å². The summed E-state index contributed by atoms with van der Waals surface area (Å²) in [4.78, 5) is 0. The molecule has 3 nitrogen and oxygen atoms in total. The fraction of sp³-hybridized carbons (Fsp3) is 0. The Hall–Kier alpha value is -7.10. The molecule has 0 radical (unpaired) electrons. The monoisotopic (exact) mass is 672 g/mol. The number of hydrogen-bond donors (Lipinski definition) is 0. The number of fused-ring (bicyclic) bond motifs is 14. The van der Waals surface area contributed by atoms with E-state index in [4.69, 9.17) is 4.42 Å². The van der Waals surface area contributed by atoms with Crippen LogP contribution in [0.25, 0.3) is 121 Å². The van der Waals surface area contributed by atoms with Crippen molar-refractivity contribution in [2.45, 2.75) is 0 Å². The lowest BCUT2D eigenvalue weighted by molar-refractivity contribution is 0.669. The molecule has 3 heterocycles. The quantitative estimate of drug-likeness (QED) is 0.179. The van der Waals surface area contributed by atoms with E-state index < -0.39 is 0 Å². The van der Waals surface area contributed by atoms with Crippen molar-refractivity contribution in [2.24, 2.45) is 0 Å². The molecule has 0 bridgehead atoms. The minimum atomic E-state index is 0.899. The molecule has 0 fully saturated rings. The summed E-state index contributed by atoms with van der Waals surface area (Å²) in [6.45, 7) is 0. The number of aromatic nitrogens is 2. The molecule has 53 heavy (non-hydrogen) atoms. The van der Waals surface area contributed by atoms with Crippen molar-refractivity contribution in [3.63, 3.8) is 0 Å². The van der Waals surface area contributed by atoms with Crippen LogP contribution in [-0.2, 0) is 0 Å². The van der Waals surface area contributed by atoms with Crippen molar-refractivity contribution in [1.29, 1.82) is 0 Å². The normalized spacial score (nSPS) is 12.5. The molecule has 0 N–H and O–H groups in total. The van der Waals surface area contributed by atoms with Gasteiger partial charge < -0.3 is 13.6 Å². The van der Waals surface area contributed by atoms with Gasteiger partial charge in [0.25, 0.3) is 0 Å². The molecular weight excluding hydrogens is 645 g/mol. The maximum Gasteiger partial charge on any atom is 0.137 e. The van der Waals surface area contributed by atoms with Crippen LogP contribution in [0, 0.1) is 0 Å². The molecule has 0 unspecified atom stereocenters. The van der Waals surface area contributed by atoms with E-state index in [-0.39, 0.29) is 0 Å². The molecule has 0 aliphatic heterocycles. The lowest BCUT2D eigenvalue weighted by Crippen LogP contribution is -1.96. The predicted octanol–water partition coefficient (Wildman–Crippen LogP) is 13.7. The van der Waals surface area contributed by atoms with Crippen LogP contribution in [0.4, 0.5) is 0 Å². The van der Waals surface area contributed by atoms with Gasteiger partial charge in [0.15, 0.2) is 0 Å². The van der Waals surface area contributed by atoms with Crippen molar-refractivity contribution >= 4 is 87.1 Å². The summed E-state index contributed by atoms with van der Waals surface area (Å²) in [7, 11) is 0. The summed E-state index contributed by atoms with van der Waals surface area (Å²) >= 11 is 0. The third-order valence-corrected chi connectivity index (χ3v) is 11.8. The Labute approximate surface area is 303 Å². The first-order valence-corrected chi connectivity index (χ1v) is 18.3.